The van der Waals surface area contributed by atoms with Crippen molar-refractivity contribution in [3.8, 4) is 0 Å². The minimum atomic E-state index is -3.72. The Bertz CT molecular complexity index is 1160. The van der Waals surface area contributed by atoms with Crippen LogP contribution in [0.15, 0.2) is 70.5 Å². The van der Waals surface area contributed by atoms with Crippen molar-refractivity contribution in [2.24, 2.45) is 0 Å². The van der Waals surface area contributed by atoms with Crippen LogP contribution in [0.1, 0.15) is 19.3 Å². The largest absolute Gasteiger partial charge is 0.358 e. The van der Waals surface area contributed by atoms with Crippen LogP contribution in [0.3, 0.4) is 0 Å². The summed E-state index contributed by atoms with van der Waals surface area (Å²) in [7, 11) is -7.25. The molecule has 0 atom stereocenters. The Morgan fingerprint density at radius 3 is 2.00 bits per heavy atom. The van der Waals surface area contributed by atoms with Gasteiger partial charge in [-0.15, -0.1) is 0 Å². The van der Waals surface area contributed by atoms with Crippen LogP contribution < -0.4 is 0 Å². The van der Waals surface area contributed by atoms with Crippen molar-refractivity contribution in [3.05, 3.63) is 60.7 Å². The van der Waals surface area contributed by atoms with Gasteiger partial charge in [-0.05, 0) is 24.3 Å². The molecule has 0 N–H and O–H groups in total. The number of hydrogen-bond acceptors (Lipinski definition) is 6. The van der Waals surface area contributed by atoms with Gasteiger partial charge in [0.2, 0.25) is 15.9 Å². The second-order valence-electron chi connectivity index (χ2n) is 7.95. The van der Waals surface area contributed by atoms with Gasteiger partial charge in [0, 0.05) is 38.9 Å². The highest BCUT2D eigenvalue weighted by atomic mass is 32.2. The zero-order valence-corrected chi connectivity index (χ0v) is 19.2. The molecule has 0 unspecified atom stereocenters. The maximum absolute atomic E-state index is 13.2. The first-order chi connectivity index (χ1) is 15.2. The maximum Gasteiger partial charge on any atom is 0.245 e. The van der Waals surface area contributed by atoms with Crippen molar-refractivity contribution in [2.45, 2.75) is 34.8 Å². The van der Waals surface area contributed by atoms with E-state index in [2.05, 4.69) is 0 Å². The number of carbonyl (C=O) groups is 1. The molecule has 0 bridgehead atoms. The highest BCUT2D eigenvalue weighted by Crippen LogP contribution is 2.38. The predicted molar refractivity (Wildman–Crippen MR) is 118 cm³/mol. The molecule has 2 heterocycles. The molecule has 1 amide bonds. The van der Waals surface area contributed by atoms with Crippen molar-refractivity contribution in [2.75, 3.05) is 32.0 Å². The lowest BCUT2D eigenvalue weighted by molar-refractivity contribution is -0.139. The van der Waals surface area contributed by atoms with E-state index >= 15 is 0 Å². The summed E-state index contributed by atoms with van der Waals surface area (Å²) in [6.45, 7) is 1.19. The molecule has 172 valence electrons. The average molecular weight is 479 g/mol. The van der Waals surface area contributed by atoms with Crippen molar-refractivity contribution in [3.63, 3.8) is 0 Å². The van der Waals surface area contributed by atoms with E-state index in [9.17, 15) is 21.6 Å². The Morgan fingerprint density at radius 2 is 1.41 bits per heavy atom. The van der Waals surface area contributed by atoms with E-state index in [1.165, 1.54) is 16.4 Å². The Hall–Kier alpha value is -2.27. The molecule has 8 nitrogen and oxygen atoms in total. The normalized spacial score (nSPS) is 19.3. The molecule has 1 spiro atoms. The molecule has 2 aliphatic rings. The Balaban J connectivity index is 1.39. The summed E-state index contributed by atoms with van der Waals surface area (Å²) in [6, 6.07) is 16.3. The number of nitrogens with zero attached hydrogens (tertiary/aromatic N) is 2. The number of likely N-dealkylation sites (tertiary alicyclic amines) is 1. The zero-order chi connectivity index (χ0) is 22.8. The quantitative estimate of drug-likeness (QED) is 0.629. The van der Waals surface area contributed by atoms with E-state index in [4.69, 9.17) is 4.74 Å². The molecule has 2 fully saturated rings. The van der Waals surface area contributed by atoms with Crippen LogP contribution in [-0.4, -0.2) is 69.7 Å². The molecular formula is C22H26N2O6S2. The van der Waals surface area contributed by atoms with Crippen LogP contribution >= 0.6 is 0 Å². The summed E-state index contributed by atoms with van der Waals surface area (Å²) >= 11 is 0. The molecule has 32 heavy (non-hydrogen) atoms. The van der Waals surface area contributed by atoms with E-state index in [0.717, 1.165) is 0 Å². The van der Waals surface area contributed by atoms with Gasteiger partial charge in [-0.2, -0.15) is 4.31 Å². The number of amides is 1. The van der Waals surface area contributed by atoms with E-state index in [1.54, 1.807) is 53.4 Å². The van der Waals surface area contributed by atoms with Gasteiger partial charge in [0.25, 0.3) is 0 Å². The molecule has 0 radical (unpaired) electrons. The van der Waals surface area contributed by atoms with Crippen LogP contribution in [0.5, 0.6) is 0 Å². The lowest BCUT2D eigenvalue weighted by Gasteiger charge is -2.42. The van der Waals surface area contributed by atoms with Crippen LogP contribution in [0.4, 0.5) is 0 Å². The number of sulfonamides is 1. The standard InChI is InChI=1S/C22H26N2O6S2/c25-21(11-18-31(26,27)19-7-3-1-4-8-19)23-14-12-22(13-15-23)24(16-17-30-22)32(28,29)20-9-5-2-6-10-20/h1-10H,11-18H2. The molecule has 2 aromatic carbocycles. The first kappa shape index (κ1) is 22.9. The molecular weight excluding hydrogens is 452 g/mol. The fourth-order valence-corrected chi connectivity index (χ4v) is 7.27. The van der Waals surface area contributed by atoms with Gasteiger partial charge in [-0.3, -0.25) is 4.79 Å². The predicted octanol–water partition coefficient (Wildman–Crippen LogP) is 1.89. The molecule has 0 saturated carbocycles. The van der Waals surface area contributed by atoms with Gasteiger partial charge < -0.3 is 9.64 Å². The smallest absolute Gasteiger partial charge is 0.245 e. The van der Waals surface area contributed by atoms with Crippen molar-refractivity contribution in [1.29, 1.82) is 0 Å². The Labute approximate surface area is 188 Å². The fraction of sp³-hybridized carbons (Fsp3) is 0.409. The molecule has 4 rings (SSSR count). The van der Waals surface area contributed by atoms with Gasteiger partial charge in [-0.1, -0.05) is 36.4 Å². The lowest BCUT2D eigenvalue weighted by atomic mass is 10.0. The number of benzene rings is 2. The number of ether oxygens (including phenoxy) is 1. The first-order valence-corrected chi connectivity index (χ1v) is 13.6. The summed E-state index contributed by atoms with van der Waals surface area (Å²) < 4.78 is 58.6. The van der Waals surface area contributed by atoms with Crippen LogP contribution in [0.25, 0.3) is 0 Å². The molecule has 10 heteroatoms. The van der Waals surface area contributed by atoms with Crippen molar-refractivity contribution < 1.29 is 26.4 Å². The number of carbonyl (C=O) groups excluding carboxylic acids is 1. The van der Waals surface area contributed by atoms with E-state index < -0.39 is 25.6 Å². The van der Waals surface area contributed by atoms with Gasteiger partial charge in [-0.25, -0.2) is 16.8 Å². The number of sulfone groups is 1. The molecule has 2 saturated heterocycles. The summed E-state index contributed by atoms with van der Waals surface area (Å²) in [5.41, 5.74) is -0.971. The molecule has 2 aromatic rings. The Kier molecular flexibility index (Phi) is 6.39. The van der Waals surface area contributed by atoms with E-state index in [1.807, 2.05) is 0 Å². The highest BCUT2D eigenvalue weighted by molar-refractivity contribution is 7.91. The fourth-order valence-electron chi connectivity index (χ4n) is 4.28. The second kappa shape index (κ2) is 8.93. The molecule has 2 aliphatic heterocycles. The Morgan fingerprint density at radius 1 is 0.844 bits per heavy atom. The monoisotopic (exact) mass is 478 g/mol. The number of piperidine rings is 1. The van der Waals surface area contributed by atoms with Gasteiger partial charge in [0.05, 0.1) is 22.2 Å². The van der Waals surface area contributed by atoms with Crippen LogP contribution in [0.2, 0.25) is 0 Å². The lowest BCUT2D eigenvalue weighted by Crippen LogP contribution is -2.55. The number of rotatable bonds is 6. The number of hydrogen-bond donors (Lipinski definition) is 0. The second-order valence-corrected chi connectivity index (χ2v) is 11.9. The summed E-state index contributed by atoms with van der Waals surface area (Å²) in [4.78, 5) is 14.7. The summed E-state index contributed by atoms with van der Waals surface area (Å²) in [5, 5.41) is 0. The maximum atomic E-state index is 13.2. The molecule has 0 aliphatic carbocycles. The van der Waals surface area contributed by atoms with Crippen LogP contribution in [-0.2, 0) is 29.4 Å². The minimum absolute atomic E-state index is 0.114. The minimum Gasteiger partial charge on any atom is -0.358 e. The SMILES string of the molecule is O=C(CCS(=O)(=O)c1ccccc1)N1CCC2(CC1)OCCN2S(=O)(=O)c1ccccc1. The van der Waals surface area contributed by atoms with Crippen molar-refractivity contribution in [1.82, 2.24) is 9.21 Å². The summed E-state index contributed by atoms with van der Waals surface area (Å²) in [6.07, 6.45) is 0.573. The van der Waals surface area contributed by atoms with Crippen LogP contribution in [0, 0.1) is 0 Å². The first-order valence-electron chi connectivity index (χ1n) is 10.5. The third-order valence-electron chi connectivity index (χ3n) is 6.04. The zero-order valence-electron chi connectivity index (χ0n) is 17.6. The van der Waals surface area contributed by atoms with E-state index in [0.29, 0.717) is 32.5 Å². The third kappa shape index (κ3) is 4.45. The highest BCUT2D eigenvalue weighted by Gasteiger charge is 2.50. The van der Waals surface area contributed by atoms with Gasteiger partial charge in [0.1, 0.15) is 5.72 Å². The van der Waals surface area contributed by atoms with Gasteiger partial charge in [0.15, 0.2) is 9.84 Å². The topological polar surface area (TPSA) is 101 Å². The average Bonchev–Trinajstić information content (AvgIpc) is 3.23. The third-order valence-corrected chi connectivity index (χ3v) is 9.73. The molecule has 0 aromatic heterocycles. The van der Waals surface area contributed by atoms with E-state index in [-0.39, 0.29) is 34.4 Å². The van der Waals surface area contributed by atoms with Crippen molar-refractivity contribution >= 4 is 25.8 Å². The summed E-state index contributed by atoms with van der Waals surface area (Å²) in [5.74, 6) is -0.516. The van der Waals surface area contributed by atoms with Gasteiger partial charge >= 0.3 is 0 Å².